The number of nitrogens with one attached hydrogen (secondary N) is 1. The molecule has 0 spiro atoms. The van der Waals surface area contributed by atoms with Crippen molar-refractivity contribution in [3.8, 4) is 11.5 Å². The Balaban J connectivity index is 1.53. The number of methoxy groups -OCH3 is 1. The highest BCUT2D eigenvalue weighted by Crippen LogP contribution is 2.51. The second kappa shape index (κ2) is 9.67. The number of carbonyl (C=O) groups is 2. The zero-order valence-electron chi connectivity index (χ0n) is 23.1. The lowest BCUT2D eigenvalue weighted by Crippen LogP contribution is -2.42. The van der Waals surface area contributed by atoms with Gasteiger partial charge in [0, 0.05) is 53.4 Å². The van der Waals surface area contributed by atoms with Gasteiger partial charge in [0.1, 0.15) is 6.61 Å². The molecule has 0 unspecified atom stereocenters. The van der Waals surface area contributed by atoms with Gasteiger partial charge in [-0.3, -0.25) is 19.7 Å². The maximum absolute atomic E-state index is 13.6. The molecular weight excluding hydrogens is 496 g/mol. The molecule has 0 saturated carbocycles. The normalized spacial score (nSPS) is 20.2. The van der Waals surface area contributed by atoms with Crippen LogP contribution in [0.3, 0.4) is 0 Å². The van der Waals surface area contributed by atoms with Gasteiger partial charge in [0.25, 0.3) is 5.69 Å². The van der Waals surface area contributed by atoms with E-state index in [0.29, 0.717) is 41.1 Å². The van der Waals surface area contributed by atoms with E-state index >= 15 is 0 Å². The Hall–Kier alpha value is -3.94. The first kappa shape index (κ1) is 26.7. The van der Waals surface area contributed by atoms with Gasteiger partial charge in [-0.2, -0.15) is 0 Å². The summed E-state index contributed by atoms with van der Waals surface area (Å²) in [5, 5.41) is 14.7. The predicted molar refractivity (Wildman–Crippen MR) is 146 cm³/mol. The van der Waals surface area contributed by atoms with E-state index in [9.17, 15) is 19.7 Å². The topological polar surface area (TPSA) is 108 Å². The van der Waals surface area contributed by atoms with Crippen LogP contribution in [0, 0.1) is 20.9 Å². The molecule has 0 radical (unpaired) electrons. The molecule has 204 valence electrons. The maximum Gasteiger partial charge on any atom is 0.269 e. The molecule has 0 aromatic heterocycles. The lowest BCUT2D eigenvalue weighted by molar-refractivity contribution is -0.384. The molecule has 1 heterocycles. The van der Waals surface area contributed by atoms with Gasteiger partial charge in [-0.25, -0.2) is 0 Å². The van der Waals surface area contributed by atoms with E-state index in [0.717, 1.165) is 29.8 Å². The molecule has 2 aromatic rings. The average molecular weight is 531 g/mol. The number of Topliss-reactive ketones (excluding diaryl/α,β-unsaturated/α-hetero) is 2. The molecule has 0 fully saturated rings. The van der Waals surface area contributed by atoms with E-state index < -0.39 is 10.8 Å². The fraction of sp³-hybridized carbons (Fsp3) is 0.419. The van der Waals surface area contributed by atoms with Gasteiger partial charge in [0.2, 0.25) is 0 Å². The van der Waals surface area contributed by atoms with Gasteiger partial charge in [-0.1, -0.05) is 45.9 Å². The SMILES string of the molecule is COc1cc(C2C3=C(CC(C)(C)CC3=O)NC3=C2C(=O)CC(C)(C)C3)ccc1OCc1cccc([N+](=O)[O-])c1. The fourth-order valence-corrected chi connectivity index (χ4v) is 6.13. The van der Waals surface area contributed by atoms with Crippen LogP contribution in [0.15, 0.2) is 65.0 Å². The van der Waals surface area contributed by atoms with Gasteiger partial charge < -0.3 is 14.8 Å². The van der Waals surface area contributed by atoms with Crippen molar-refractivity contribution >= 4 is 17.3 Å². The summed E-state index contributed by atoms with van der Waals surface area (Å²) in [5.74, 6) is 0.592. The number of hydrogen-bond acceptors (Lipinski definition) is 7. The molecule has 0 bridgehead atoms. The minimum atomic E-state index is -0.469. The molecule has 0 saturated heterocycles. The smallest absolute Gasteiger partial charge is 0.269 e. The Bertz CT molecular complexity index is 1400. The molecule has 2 aliphatic carbocycles. The molecule has 3 aliphatic rings. The van der Waals surface area contributed by atoms with Crippen LogP contribution in [0.4, 0.5) is 5.69 Å². The summed E-state index contributed by atoms with van der Waals surface area (Å²) in [4.78, 5) is 37.8. The van der Waals surface area contributed by atoms with Gasteiger partial charge in [-0.15, -0.1) is 0 Å². The van der Waals surface area contributed by atoms with Crippen molar-refractivity contribution in [2.45, 2.75) is 65.9 Å². The molecule has 8 heteroatoms. The first-order valence-corrected chi connectivity index (χ1v) is 13.2. The van der Waals surface area contributed by atoms with E-state index in [2.05, 4.69) is 33.0 Å². The lowest BCUT2D eigenvalue weighted by Gasteiger charge is -2.44. The summed E-state index contributed by atoms with van der Waals surface area (Å²) in [7, 11) is 1.54. The summed E-state index contributed by atoms with van der Waals surface area (Å²) in [5.41, 5.74) is 4.30. The number of hydrogen-bond donors (Lipinski definition) is 1. The van der Waals surface area contributed by atoms with Crippen molar-refractivity contribution in [3.63, 3.8) is 0 Å². The van der Waals surface area contributed by atoms with Crippen molar-refractivity contribution in [2.24, 2.45) is 10.8 Å². The van der Waals surface area contributed by atoms with E-state index in [4.69, 9.17) is 9.47 Å². The summed E-state index contributed by atoms with van der Waals surface area (Å²) < 4.78 is 11.7. The number of non-ortho nitro benzene ring substituents is 1. The third-order valence-electron chi connectivity index (χ3n) is 7.76. The summed E-state index contributed by atoms with van der Waals surface area (Å²) in [6, 6.07) is 11.8. The largest absolute Gasteiger partial charge is 0.493 e. The summed E-state index contributed by atoms with van der Waals surface area (Å²) >= 11 is 0. The van der Waals surface area contributed by atoms with Crippen LogP contribution in [0.25, 0.3) is 0 Å². The summed E-state index contributed by atoms with van der Waals surface area (Å²) in [6.07, 6.45) is 2.32. The number of nitro groups is 1. The Kier molecular flexibility index (Phi) is 6.61. The van der Waals surface area contributed by atoms with Crippen LogP contribution < -0.4 is 14.8 Å². The number of benzene rings is 2. The zero-order valence-corrected chi connectivity index (χ0v) is 23.1. The van der Waals surface area contributed by atoms with Crippen LogP contribution in [-0.4, -0.2) is 23.6 Å². The number of nitrogens with zero attached hydrogens (tertiary/aromatic N) is 1. The van der Waals surface area contributed by atoms with Crippen LogP contribution >= 0.6 is 0 Å². The molecular formula is C31H34N2O6. The molecule has 2 aromatic carbocycles. The quantitative estimate of drug-likeness (QED) is 0.352. The van der Waals surface area contributed by atoms with Crippen LogP contribution in [0.2, 0.25) is 0 Å². The minimum absolute atomic E-state index is 0.00173. The van der Waals surface area contributed by atoms with Gasteiger partial charge in [0.15, 0.2) is 23.1 Å². The van der Waals surface area contributed by atoms with E-state index in [1.54, 1.807) is 25.3 Å². The number of ether oxygens (including phenoxy) is 2. The minimum Gasteiger partial charge on any atom is -0.493 e. The lowest BCUT2D eigenvalue weighted by atomic mass is 9.64. The summed E-state index contributed by atoms with van der Waals surface area (Å²) in [6.45, 7) is 8.52. The molecule has 0 amide bonds. The molecule has 39 heavy (non-hydrogen) atoms. The fourth-order valence-electron chi connectivity index (χ4n) is 6.13. The highest BCUT2D eigenvalue weighted by molar-refractivity contribution is 6.06. The monoisotopic (exact) mass is 530 g/mol. The first-order chi connectivity index (χ1) is 18.4. The predicted octanol–water partition coefficient (Wildman–Crippen LogP) is 6.16. The van der Waals surface area contributed by atoms with Gasteiger partial charge in [-0.05, 0) is 46.9 Å². The third-order valence-corrected chi connectivity index (χ3v) is 7.76. The van der Waals surface area contributed by atoms with Crippen LogP contribution in [-0.2, 0) is 16.2 Å². The van der Waals surface area contributed by atoms with Crippen molar-refractivity contribution in [1.29, 1.82) is 0 Å². The number of allylic oxidation sites excluding steroid dienone is 4. The highest BCUT2D eigenvalue weighted by atomic mass is 16.6. The number of ketones is 2. The highest BCUT2D eigenvalue weighted by Gasteiger charge is 2.46. The number of carbonyl (C=O) groups excluding carboxylic acids is 2. The second-order valence-electron chi connectivity index (χ2n) is 12.4. The molecule has 8 nitrogen and oxygen atoms in total. The zero-order chi connectivity index (χ0) is 28.1. The molecule has 1 aliphatic heterocycles. The van der Waals surface area contributed by atoms with Gasteiger partial charge >= 0.3 is 0 Å². The maximum atomic E-state index is 13.6. The second-order valence-corrected chi connectivity index (χ2v) is 12.4. The Morgan fingerprint density at radius 1 is 0.897 bits per heavy atom. The van der Waals surface area contributed by atoms with Crippen molar-refractivity contribution in [3.05, 3.63) is 86.2 Å². The Morgan fingerprint density at radius 2 is 1.51 bits per heavy atom. The van der Waals surface area contributed by atoms with Gasteiger partial charge in [0.05, 0.1) is 12.0 Å². The molecule has 1 N–H and O–H groups in total. The number of nitro benzene ring substituents is 1. The Labute approximate surface area is 228 Å². The van der Waals surface area contributed by atoms with E-state index in [-0.39, 0.29) is 34.7 Å². The van der Waals surface area contributed by atoms with Crippen molar-refractivity contribution in [2.75, 3.05) is 7.11 Å². The van der Waals surface area contributed by atoms with E-state index in [1.807, 2.05) is 12.1 Å². The first-order valence-electron chi connectivity index (χ1n) is 13.2. The third kappa shape index (κ3) is 5.20. The van der Waals surface area contributed by atoms with E-state index in [1.165, 1.54) is 12.1 Å². The number of dihydropyridines is 1. The molecule has 0 atom stereocenters. The Morgan fingerprint density at radius 3 is 2.08 bits per heavy atom. The number of rotatable bonds is 6. The van der Waals surface area contributed by atoms with Crippen LogP contribution in [0.1, 0.15) is 70.4 Å². The standard InChI is InChI=1S/C31H34N2O6/c1-30(2)13-21-28(23(34)15-30)27(29-22(32-21)14-31(3,4)16-24(29)35)19-9-10-25(26(12-19)38-5)39-17-18-7-6-8-20(11-18)33(36)37/h6-12,27,32H,13-17H2,1-5H3. The van der Waals surface area contributed by atoms with Crippen LogP contribution in [0.5, 0.6) is 11.5 Å². The van der Waals surface area contributed by atoms with Crippen molar-refractivity contribution in [1.82, 2.24) is 5.32 Å². The molecule has 5 rings (SSSR count). The average Bonchev–Trinajstić information content (AvgIpc) is 2.84. The van der Waals surface area contributed by atoms with Crippen molar-refractivity contribution < 1.29 is 24.0 Å².